The van der Waals surface area contributed by atoms with E-state index in [1.807, 2.05) is 54.6 Å². The summed E-state index contributed by atoms with van der Waals surface area (Å²) in [6, 6.07) is 23.6. The Morgan fingerprint density at radius 2 is 1.21 bits per heavy atom. The largest absolute Gasteiger partial charge is 0.465 e. The van der Waals surface area contributed by atoms with Crippen LogP contribution in [-0.4, -0.2) is 178 Å². The molecule has 456 valence electrons. The summed E-state index contributed by atoms with van der Waals surface area (Å²) in [7, 11) is 0.908. The number of hydrogen-bond donors (Lipinski definition) is 2. The molecule has 0 saturated carbocycles. The van der Waals surface area contributed by atoms with Gasteiger partial charge in [0, 0.05) is 74.0 Å². The number of methoxy groups -OCH3 is 1. The van der Waals surface area contributed by atoms with Gasteiger partial charge in [-0.2, -0.15) is 0 Å². The Kier molecular flexibility index (Phi) is 23.8. The number of carbonyl (C=O) groups excluding carboxylic acids is 10. The molecular weight excluding hydrogens is 1110 g/mol. The first kappa shape index (κ1) is 65.3. The van der Waals surface area contributed by atoms with Gasteiger partial charge in [-0.15, -0.1) is 0 Å². The van der Waals surface area contributed by atoms with Crippen molar-refractivity contribution >= 4 is 59.6 Å². The maximum absolute atomic E-state index is 14.8. The fourth-order valence-electron chi connectivity index (χ4n) is 9.92. The molecule has 3 saturated heterocycles. The number of esters is 8. The van der Waals surface area contributed by atoms with Gasteiger partial charge in [0.15, 0.2) is 36.8 Å². The highest BCUT2D eigenvalue weighted by molar-refractivity contribution is 5.94. The highest BCUT2D eigenvalue weighted by Gasteiger charge is 2.63. The fraction of sp³-hybridized carbons (Fsp3) is 0.517. The van der Waals surface area contributed by atoms with E-state index in [4.69, 9.17) is 66.3 Å². The van der Waals surface area contributed by atoms with Gasteiger partial charge < -0.3 is 76.9 Å². The summed E-state index contributed by atoms with van der Waals surface area (Å²) in [6.45, 7) is 6.87. The van der Waals surface area contributed by atoms with E-state index in [-0.39, 0.29) is 31.8 Å². The summed E-state index contributed by atoms with van der Waals surface area (Å²) >= 11 is 0. The van der Waals surface area contributed by atoms with Crippen molar-refractivity contribution in [2.75, 3.05) is 33.5 Å². The van der Waals surface area contributed by atoms with Gasteiger partial charge in [0.1, 0.15) is 43.2 Å². The van der Waals surface area contributed by atoms with E-state index in [2.05, 4.69) is 10.6 Å². The van der Waals surface area contributed by atoms with E-state index < -0.39 is 164 Å². The predicted octanol–water partition coefficient (Wildman–Crippen LogP) is 2.90. The molecule has 84 heavy (non-hydrogen) atoms. The zero-order valence-electron chi connectivity index (χ0n) is 47.8. The van der Waals surface area contributed by atoms with Gasteiger partial charge in [-0.05, 0) is 28.8 Å². The number of ether oxygens (including phenoxy) is 14. The van der Waals surface area contributed by atoms with Crippen LogP contribution in [-0.2, 0) is 116 Å². The molecule has 0 radical (unpaired) electrons. The molecule has 3 heterocycles. The number of hydrogen-bond acceptors (Lipinski definition) is 24. The van der Waals surface area contributed by atoms with Crippen LogP contribution in [0.2, 0.25) is 0 Å². The molecule has 2 amide bonds. The number of amides is 2. The van der Waals surface area contributed by atoms with Crippen molar-refractivity contribution in [1.82, 2.24) is 10.6 Å². The zero-order valence-corrected chi connectivity index (χ0v) is 47.8. The first-order valence-corrected chi connectivity index (χ1v) is 26.8. The quantitative estimate of drug-likeness (QED) is 0.0962. The van der Waals surface area contributed by atoms with Crippen LogP contribution in [0, 0.1) is 0 Å². The smallest absolute Gasteiger partial charge is 0.366 e. The van der Waals surface area contributed by atoms with E-state index in [1.165, 1.54) is 12.1 Å². The molecular formula is C58H70N2O24. The minimum absolute atomic E-state index is 0.00606. The Morgan fingerprint density at radius 3 is 1.80 bits per heavy atom. The van der Waals surface area contributed by atoms with Crippen LogP contribution >= 0.6 is 0 Å². The lowest BCUT2D eigenvalue weighted by atomic mass is 9.87. The number of rotatable bonds is 24. The summed E-state index contributed by atoms with van der Waals surface area (Å²) in [6.07, 6.45) is -21.3. The van der Waals surface area contributed by atoms with Crippen LogP contribution in [0.5, 0.6) is 0 Å². The van der Waals surface area contributed by atoms with Crippen molar-refractivity contribution in [2.45, 2.75) is 160 Å². The molecule has 3 fully saturated rings. The minimum atomic E-state index is -3.03. The Balaban J connectivity index is 1.44. The molecule has 2 N–H and O–H groups in total. The van der Waals surface area contributed by atoms with Crippen LogP contribution in [0.15, 0.2) is 84.9 Å². The molecule has 3 aliphatic heterocycles. The lowest BCUT2D eigenvalue weighted by molar-refractivity contribution is -0.377. The third kappa shape index (κ3) is 18.3. The van der Waals surface area contributed by atoms with Gasteiger partial charge in [-0.1, -0.05) is 72.8 Å². The molecule has 26 heteroatoms. The Labute approximate surface area is 483 Å². The van der Waals surface area contributed by atoms with Crippen LogP contribution in [0.4, 0.5) is 0 Å². The Morgan fingerprint density at radius 1 is 0.619 bits per heavy atom. The summed E-state index contributed by atoms with van der Waals surface area (Å²) < 4.78 is 84.1. The fourth-order valence-corrected chi connectivity index (χ4v) is 9.92. The topological polar surface area (TPSA) is 324 Å². The average Bonchev–Trinajstić information content (AvgIpc) is 1.61. The van der Waals surface area contributed by atoms with Crippen LogP contribution < -0.4 is 10.6 Å². The third-order valence-corrected chi connectivity index (χ3v) is 13.2. The van der Waals surface area contributed by atoms with Gasteiger partial charge in [0.25, 0.3) is 11.7 Å². The zero-order chi connectivity index (χ0) is 61.3. The molecule has 0 aromatic heterocycles. The highest BCUT2D eigenvalue weighted by atomic mass is 16.8. The third-order valence-electron chi connectivity index (χ3n) is 13.2. The van der Waals surface area contributed by atoms with E-state index in [0.717, 1.165) is 79.2 Å². The molecule has 3 aromatic carbocycles. The molecule has 6 rings (SSSR count). The second-order valence-electron chi connectivity index (χ2n) is 19.8. The molecule has 0 aliphatic carbocycles. The minimum Gasteiger partial charge on any atom is -0.465 e. The molecule has 0 bridgehead atoms. The van der Waals surface area contributed by atoms with Crippen LogP contribution in [0.1, 0.15) is 84.2 Å². The van der Waals surface area contributed by atoms with Crippen molar-refractivity contribution in [1.29, 1.82) is 0 Å². The molecule has 3 aliphatic rings. The number of benzene rings is 3. The maximum atomic E-state index is 14.8. The lowest BCUT2D eigenvalue weighted by Crippen LogP contribution is -2.72. The van der Waals surface area contributed by atoms with Crippen LogP contribution in [0.3, 0.4) is 0 Å². The number of nitrogens with one attached hydrogen (secondary N) is 2. The van der Waals surface area contributed by atoms with Gasteiger partial charge in [0.05, 0.1) is 39.3 Å². The molecule has 3 aromatic rings. The second kappa shape index (κ2) is 30.6. The van der Waals surface area contributed by atoms with Crippen molar-refractivity contribution in [2.24, 2.45) is 0 Å². The predicted molar refractivity (Wildman–Crippen MR) is 285 cm³/mol. The van der Waals surface area contributed by atoms with Gasteiger partial charge >= 0.3 is 47.8 Å². The van der Waals surface area contributed by atoms with E-state index in [0.29, 0.717) is 0 Å². The lowest BCUT2D eigenvalue weighted by Gasteiger charge is -2.52. The van der Waals surface area contributed by atoms with E-state index >= 15 is 0 Å². The summed E-state index contributed by atoms with van der Waals surface area (Å²) in [5.74, 6) is -12.6. The Hall–Kier alpha value is -7.88. The normalized spacial score (nSPS) is 26.3. The van der Waals surface area contributed by atoms with E-state index in [9.17, 15) is 47.9 Å². The van der Waals surface area contributed by atoms with Crippen molar-refractivity contribution < 1.29 is 114 Å². The van der Waals surface area contributed by atoms with Crippen molar-refractivity contribution in [3.05, 3.63) is 96.1 Å². The van der Waals surface area contributed by atoms with E-state index in [1.54, 1.807) is 18.2 Å². The van der Waals surface area contributed by atoms with Gasteiger partial charge in [-0.25, -0.2) is 4.79 Å². The standard InChI is InChI=1S/C58H70N2O24/c1-31(61)60-48-44(75-33(3)63)26-58(57(70)71-9,83-52(48)50(78-36(6)66)45(76-34(4)64)27-59-55(69)42-18-14-11-15-19-42)84-53-51(79-37(7)67)47(30-74-32(2)62)82-56(54(53)80-38(8)68)81-43-24-25-73-46(49(43)77-35(5)65)29-72-28-39-20-22-41(23-21-39)40-16-12-10-13-17-40/h10-23,43-54,56H,24-30H2,1-9H3,(H,59,69)(H,60,61)/t43-,44+,45-,46-,47-,48-,49-,50-,51+,52-,53+,54-,56-,58+/m1/s1. The summed E-state index contributed by atoms with van der Waals surface area (Å²) in [5, 5.41) is 5.20. The summed E-state index contributed by atoms with van der Waals surface area (Å²) in [4.78, 5) is 133. The molecule has 14 atom stereocenters. The van der Waals surface area contributed by atoms with Crippen molar-refractivity contribution in [3.8, 4) is 11.1 Å². The Bertz CT molecular complexity index is 2780. The molecule has 0 unspecified atom stereocenters. The SMILES string of the molecule is COC(=O)[C@@]1(O[C@H]2[C@@H](OC(C)=O)[C@@H](COC(C)=O)O[C@@H](O[C@@H]3CCO[C@H](COCc4ccc(-c5ccccc5)cc4)[C@@H]3OC(C)=O)[C@@H]2OC(C)=O)C[C@H](OC(C)=O)[C@@H](NC(C)=O)[C@H]([C@H](OC(C)=O)[C@@H](CNC(=O)c2ccccc2)OC(C)=O)O1. The van der Waals surface area contributed by atoms with Gasteiger partial charge in [-0.3, -0.25) is 43.2 Å². The average molecular weight is 1180 g/mol. The maximum Gasteiger partial charge on any atom is 0.366 e. The first-order valence-electron chi connectivity index (χ1n) is 26.8. The second-order valence-corrected chi connectivity index (χ2v) is 19.8. The first-order chi connectivity index (χ1) is 40.0. The van der Waals surface area contributed by atoms with Crippen molar-refractivity contribution in [3.63, 3.8) is 0 Å². The highest BCUT2D eigenvalue weighted by Crippen LogP contribution is 2.42. The monoisotopic (exact) mass is 1180 g/mol. The van der Waals surface area contributed by atoms with Gasteiger partial charge in [0.2, 0.25) is 5.91 Å². The molecule has 0 spiro atoms. The van der Waals surface area contributed by atoms with Crippen LogP contribution in [0.25, 0.3) is 11.1 Å². The number of carbonyl (C=O) groups is 10. The molecule has 26 nitrogen and oxygen atoms in total. The summed E-state index contributed by atoms with van der Waals surface area (Å²) in [5.41, 5.74) is 2.99.